The van der Waals surface area contributed by atoms with Crippen molar-refractivity contribution < 1.29 is 9.50 Å². The molecular formula is C16H27FN2O. The first-order chi connectivity index (χ1) is 9.36. The lowest BCUT2D eigenvalue weighted by atomic mass is 10.0. The first kappa shape index (κ1) is 16.9. The van der Waals surface area contributed by atoms with Crippen LogP contribution in [0.3, 0.4) is 0 Å². The summed E-state index contributed by atoms with van der Waals surface area (Å²) in [7, 11) is 4.11. The van der Waals surface area contributed by atoms with Crippen LogP contribution in [-0.4, -0.2) is 43.7 Å². The van der Waals surface area contributed by atoms with Crippen molar-refractivity contribution in [2.24, 2.45) is 0 Å². The van der Waals surface area contributed by atoms with Gasteiger partial charge in [-0.25, -0.2) is 4.39 Å². The third kappa shape index (κ3) is 4.46. The van der Waals surface area contributed by atoms with Gasteiger partial charge in [-0.3, -0.25) is 0 Å². The van der Waals surface area contributed by atoms with E-state index >= 15 is 0 Å². The van der Waals surface area contributed by atoms with E-state index in [4.69, 9.17) is 0 Å². The summed E-state index contributed by atoms with van der Waals surface area (Å²) >= 11 is 0. The number of aliphatic hydroxyl groups excluding tert-OH is 1. The normalized spacial score (nSPS) is 12.8. The number of nitrogens with zero attached hydrogens (tertiary/aromatic N) is 2. The number of anilines is 1. The van der Waals surface area contributed by atoms with Crippen molar-refractivity contribution in [2.45, 2.75) is 33.3 Å². The quantitative estimate of drug-likeness (QED) is 0.833. The Morgan fingerprint density at radius 1 is 1.25 bits per heavy atom. The van der Waals surface area contributed by atoms with E-state index in [2.05, 4.69) is 30.8 Å². The zero-order chi connectivity index (χ0) is 15.3. The molecule has 0 radical (unpaired) electrons. The second-order valence-electron chi connectivity index (χ2n) is 5.57. The predicted molar refractivity (Wildman–Crippen MR) is 82.8 cm³/mol. The minimum atomic E-state index is -0.664. The van der Waals surface area contributed by atoms with E-state index in [0.717, 1.165) is 31.7 Å². The molecule has 0 heterocycles. The molecular weight excluding hydrogens is 255 g/mol. The maximum Gasteiger partial charge on any atom is 0.126 e. The molecule has 3 nitrogen and oxygen atoms in total. The molecule has 0 aliphatic heterocycles. The van der Waals surface area contributed by atoms with Crippen LogP contribution in [0.25, 0.3) is 0 Å². The molecule has 0 saturated carbocycles. The number of aryl methyl sites for hydroxylation is 1. The average Bonchev–Trinajstić information content (AvgIpc) is 2.37. The Morgan fingerprint density at radius 2 is 1.90 bits per heavy atom. The fraction of sp³-hybridized carbons (Fsp3) is 0.625. The molecule has 1 aromatic carbocycles. The first-order valence-electron chi connectivity index (χ1n) is 7.24. The summed E-state index contributed by atoms with van der Waals surface area (Å²) in [5, 5.41) is 9.88. The zero-order valence-corrected chi connectivity index (χ0v) is 13.3. The maximum absolute atomic E-state index is 13.7. The molecule has 0 spiro atoms. The van der Waals surface area contributed by atoms with Gasteiger partial charge in [0.2, 0.25) is 0 Å². The second kappa shape index (κ2) is 7.60. The van der Waals surface area contributed by atoms with Gasteiger partial charge in [0.1, 0.15) is 5.82 Å². The molecule has 1 rings (SSSR count). The Kier molecular flexibility index (Phi) is 6.43. The molecule has 0 aliphatic carbocycles. The average molecular weight is 282 g/mol. The molecule has 1 atom stereocenters. The van der Waals surface area contributed by atoms with Crippen LogP contribution in [0.5, 0.6) is 0 Å². The Hall–Kier alpha value is -1.13. The van der Waals surface area contributed by atoms with Gasteiger partial charge in [0.25, 0.3) is 0 Å². The summed E-state index contributed by atoms with van der Waals surface area (Å²) in [6.45, 7) is 8.29. The van der Waals surface area contributed by atoms with E-state index in [0.29, 0.717) is 11.1 Å². The van der Waals surface area contributed by atoms with E-state index in [9.17, 15) is 9.50 Å². The van der Waals surface area contributed by atoms with Gasteiger partial charge in [-0.05, 0) is 65.5 Å². The minimum absolute atomic E-state index is 0.256. The van der Waals surface area contributed by atoms with Crippen LogP contribution < -0.4 is 4.90 Å². The number of hydrogen-bond acceptors (Lipinski definition) is 3. The molecule has 0 aromatic heterocycles. The lowest BCUT2D eigenvalue weighted by Crippen LogP contribution is -2.28. The summed E-state index contributed by atoms with van der Waals surface area (Å²) in [6, 6.07) is 3.31. The van der Waals surface area contributed by atoms with Crippen molar-refractivity contribution in [3.63, 3.8) is 0 Å². The minimum Gasteiger partial charge on any atom is -0.389 e. The lowest BCUT2D eigenvalue weighted by Gasteiger charge is -2.28. The molecule has 20 heavy (non-hydrogen) atoms. The fourth-order valence-corrected chi connectivity index (χ4v) is 2.32. The highest BCUT2D eigenvalue weighted by Gasteiger charge is 2.16. The van der Waals surface area contributed by atoms with E-state index < -0.39 is 6.10 Å². The van der Waals surface area contributed by atoms with Crippen LogP contribution >= 0.6 is 0 Å². The van der Waals surface area contributed by atoms with E-state index in [1.807, 2.05) is 6.07 Å². The van der Waals surface area contributed by atoms with Crippen LogP contribution in [0.1, 0.15) is 37.5 Å². The second-order valence-corrected chi connectivity index (χ2v) is 5.57. The first-order valence-corrected chi connectivity index (χ1v) is 7.24. The van der Waals surface area contributed by atoms with Gasteiger partial charge in [-0.2, -0.15) is 0 Å². The van der Waals surface area contributed by atoms with Gasteiger partial charge in [-0.15, -0.1) is 0 Å². The van der Waals surface area contributed by atoms with Crippen LogP contribution in [-0.2, 0) is 0 Å². The molecule has 0 unspecified atom stereocenters. The van der Waals surface area contributed by atoms with Crippen LogP contribution in [0.4, 0.5) is 10.1 Å². The molecule has 0 bridgehead atoms. The van der Waals surface area contributed by atoms with Crippen molar-refractivity contribution in [1.29, 1.82) is 0 Å². The number of halogens is 1. The molecule has 1 N–H and O–H groups in total. The van der Waals surface area contributed by atoms with Crippen LogP contribution in [0.15, 0.2) is 12.1 Å². The third-order valence-corrected chi connectivity index (χ3v) is 3.51. The van der Waals surface area contributed by atoms with Crippen molar-refractivity contribution in [1.82, 2.24) is 4.90 Å². The maximum atomic E-state index is 13.7. The summed E-state index contributed by atoms with van der Waals surface area (Å²) in [4.78, 5) is 4.36. The molecule has 114 valence electrons. The largest absolute Gasteiger partial charge is 0.389 e. The molecule has 0 fully saturated rings. The SMILES string of the molecule is CCN(CCCN(C)C)c1cc(C)c(F)cc1[C@H](C)O. The summed E-state index contributed by atoms with van der Waals surface area (Å²) in [6.07, 6.45) is 0.374. The molecule has 4 heteroatoms. The number of rotatable bonds is 7. The standard InChI is InChI=1S/C16H27FN2O/c1-6-19(9-7-8-18(4)5)16-10-12(2)15(17)11-14(16)13(3)20/h10-11,13,20H,6-9H2,1-5H3/t13-/m0/s1. The topological polar surface area (TPSA) is 26.7 Å². The Bertz CT molecular complexity index is 433. The van der Waals surface area contributed by atoms with Gasteiger partial charge in [0.05, 0.1) is 6.10 Å². The van der Waals surface area contributed by atoms with Gasteiger partial charge in [-0.1, -0.05) is 0 Å². The highest BCUT2D eigenvalue weighted by atomic mass is 19.1. The summed E-state index contributed by atoms with van der Waals surface area (Å²) in [5.74, 6) is -0.256. The monoisotopic (exact) mass is 282 g/mol. The predicted octanol–water partition coefficient (Wildman–Crippen LogP) is 2.97. The van der Waals surface area contributed by atoms with Crippen molar-refractivity contribution in [3.8, 4) is 0 Å². The van der Waals surface area contributed by atoms with E-state index in [-0.39, 0.29) is 5.82 Å². The highest BCUT2D eigenvalue weighted by Crippen LogP contribution is 2.29. The number of hydrogen-bond donors (Lipinski definition) is 1. The van der Waals surface area contributed by atoms with Crippen LogP contribution in [0, 0.1) is 12.7 Å². The van der Waals surface area contributed by atoms with Gasteiger partial charge < -0.3 is 14.9 Å². The molecule has 1 aromatic rings. The molecule has 0 aliphatic rings. The highest BCUT2D eigenvalue weighted by molar-refractivity contribution is 5.56. The number of aliphatic hydroxyl groups is 1. The Morgan fingerprint density at radius 3 is 2.40 bits per heavy atom. The number of benzene rings is 1. The van der Waals surface area contributed by atoms with E-state index in [1.165, 1.54) is 6.07 Å². The smallest absolute Gasteiger partial charge is 0.126 e. The Balaban J connectivity index is 2.98. The zero-order valence-electron chi connectivity index (χ0n) is 13.3. The van der Waals surface area contributed by atoms with Crippen molar-refractivity contribution in [3.05, 3.63) is 29.1 Å². The van der Waals surface area contributed by atoms with Crippen LogP contribution in [0.2, 0.25) is 0 Å². The van der Waals surface area contributed by atoms with Gasteiger partial charge >= 0.3 is 0 Å². The lowest BCUT2D eigenvalue weighted by molar-refractivity contribution is 0.199. The molecule has 0 amide bonds. The fourth-order valence-electron chi connectivity index (χ4n) is 2.32. The van der Waals surface area contributed by atoms with Gasteiger partial charge in [0.15, 0.2) is 0 Å². The van der Waals surface area contributed by atoms with E-state index in [1.54, 1.807) is 13.8 Å². The van der Waals surface area contributed by atoms with Crippen molar-refractivity contribution >= 4 is 5.69 Å². The molecule has 0 saturated heterocycles. The Labute approximate surface area is 122 Å². The summed E-state index contributed by atoms with van der Waals surface area (Å²) < 4.78 is 13.7. The van der Waals surface area contributed by atoms with Crippen molar-refractivity contribution in [2.75, 3.05) is 38.6 Å². The van der Waals surface area contributed by atoms with Gasteiger partial charge in [0, 0.05) is 24.3 Å². The third-order valence-electron chi connectivity index (χ3n) is 3.51. The summed E-state index contributed by atoms with van der Waals surface area (Å²) in [5.41, 5.74) is 2.23.